The highest BCUT2D eigenvalue weighted by Crippen LogP contribution is 2.20. The number of pyridine rings is 1. The molecule has 0 amide bonds. The van der Waals surface area contributed by atoms with E-state index in [9.17, 15) is 14.4 Å². The van der Waals surface area contributed by atoms with Crippen LogP contribution >= 0.6 is 0 Å². The number of carbonyl (C=O) groups excluding carboxylic acids is 2. The number of ether oxygens (including phenoxy) is 1. The lowest BCUT2D eigenvalue weighted by Crippen LogP contribution is -2.39. The maximum Gasteiger partial charge on any atom is 0.319 e. The van der Waals surface area contributed by atoms with Crippen LogP contribution in [-0.2, 0) is 20.9 Å². The van der Waals surface area contributed by atoms with Crippen LogP contribution in [0.2, 0.25) is 0 Å². The predicted octanol–water partition coefficient (Wildman–Crippen LogP) is 1.32. The average Bonchev–Trinajstić information content (AvgIpc) is 2.34. The summed E-state index contributed by atoms with van der Waals surface area (Å²) in [6.07, 6.45) is 0. The van der Waals surface area contributed by atoms with Crippen LogP contribution < -0.4 is 5.56 Å². The first-order chi connectivity index (χ1) is 8.80. The quantitative estimate of drug-likeness (QED) is 0.595. The molecule has 104 valence electrons. The lowest BCUT2D eigenvalue weighted by atomic mass is 9.88. The van der Waals surface area contributed by atoms with Crippen molar-refractivity contribution in [3.63, 3.8) is 0 Å². The summed E-state index contributed by atoms with van der Waals surface area (Å²) in [5.41, 5.74) is -0.828. The second-order valence-electron chi connectivity index (χ2n) is 4.86. The van der Waals surface area contributed by atoms with Crippen molar-refractivity contribution in [1.82, 2.24) is 4.57 Å². The molecule has 0 radical (unpaired) electrons. The van der Waals surface area contributed by atoms with Gasteiger partial charge in [0.25, 0.3) is 5.56 Å². The summed E-state index contributed by atoms with van der Waals surface area (Å²) in [5, 5.41) is 0. The fraction of sp³-hybridized carbons (Fsp3) is 0.500. The Kier molecular flexibility index (Phi) is 4.64. The molecule has 0 unspecified atom stereocenters. The van der Waals surface area contributed by atoms with Gasteiger partial charge in [0.15, 0.2) is 5.78 Å². The number of Topliss-reactive ketones (excluding diaryl/α,β-unsaturated/α-hetero) is 1. The molecule has 0 aromatic carbocycles. The van der Waals surface area contributed by atoms with Gasteiger partial charge in [0, 0.05) is 11.8 Å². The van der Waals surface area contributed by atoms with Crippen molar-refractivity contribution in [3.8, 4) is 0 Å². The van der Waals surface area contributed by atoms with Crippen LogP contribution in [0.25, 0.3) is 0 Å². The van der Waals surface area contributed by atoms with Gasteiger partial charge in [-0.15, -0.1) is 0 Å². The van der Waals surface area contributed by atoms with Gasteiger partial charge in [-0.05, 0) is 33.8 Å². The molecule has 19 heavy (non-hydrogen) atoms. The van der Waals surface area contributed by atoms with Gasteiger partial charge in [0.05, 0.1) is 13.2 Å². The van der Waals surface area contributed by atoms with Gasteiger partial charge in [-0.1, -0.05) is 6.07 Å². The molecule has 1 rings (SSSR count). The smallest absolute Gasteiger partial charge is 0.319 e. The molecule has 0 fully saturated rings. The second kappa shape index (κ2) is 5.82. The highest BCUT2D eigenvalue weighted by molar-refractivity contribution is 6.02. The van der Waals surface area contributed by atoms with Crippen molar-refractivity contribution in [3.05, 3.63) is 34.2 Å². The molecule has 0 aliphatic carbocycles. The fourth-order valence-corrected chi connectivity index (χ4v) is 1.59. The van der Waals surface area contributed by atoms with Crippen molar-refractivity contribution >= 4 is 11.8 Å². The molecule has 0 aliphatic rings. The number of esters is 1. The number of nitrogens with zero attached hydrogens (tertiary/aromatic N) is 1. The highest BCUT2D eigenvalue weighted by atomic mass is 16.5. The number of aromatic nitrogens is 1. The van der Waals surface area contributed by atoms with Crippen LogP contribution in [-0.4, -0.2) is 22.9 Å². The minimum Gasteiger partial charge on any atom is -0.465 e. The van der Waals surface area contributed by atoms with Gasteiger partial charge in [-0.3, -0.25) is 14.4 Å². The van der Waals surface area contributed by atoms with Gasteiger partial charge in [-0.25, -0.2) is 0 Å². The standard InChI is InChI=1S/C14H19NO4/c1-5-19-13(18)14(3,4)11(16)9-15-10(2)7-6-8-12(15)17/h6-8H,5,9H2,1-4H3. The molecule has 0 atom stereocenters. The zero-order chi connectivity index (χ0) is 14.6. The molecular weight excluding hydrogens is 246 g/mol. The maximum atomic E-state index is 12.2. The molecule has 5 nitrogen and oxygen atoms in total. The Morgan fingerprint density at radius 3 is 2.47 bits per heavy atom. The number of ketones is 1. The predicted molar refractivity (Wildman–Crippen MR) is 70.9 cm³/mol. The Balaban J connectivity index is 2.97. The molecule has 0 saturated carbocycles. The van der Waals surface area contributed by atoms with Crippen LogP contribution in [0.15, 0.2) is 23.0 Å². The molecule has 0 saturated heterocycles. The van der Waals surface area contributed by atoms with Crippen molar-refractivity contribution in [1.29, 1.82) is 0 Å². The third-order valence-corrected chi connectivity index (χ3v) is 3.05. The third-order valence-electron chi connectivity index (χ3n) is 3.05. The first kappa shape index (κ1) is 15.1. The summed E-state index contributed by atoms with van der Waals surface area (Å²) in [5.74, 6) is -0.913. The number of rotatable bonds is 5. The number of hydrogen-bond donors (Lipinski definition) is 0. The summed E-state index contributed by atoms with van der Waals surface area (Å²) in [6.45, 7) is 6.54. The highest BCUT2D eigenvalue weighted by Gasteiger charge is 2.37. The van der Waals surface area contributed by atoms with Crippen molar-refractivity contribution < 1.29 is 14.3 Å². The summed E-state index contributed by atoms with van der Waals surface area (Å²) in [4.78, 5) is 35.6. The molecule has 1 heterocycles. The Hall–Kier alpha value is -1.91. The van der Waals surface area contributed by atoms with Gasteiger partial charge >= 0.3 is 5.97 Å². The number of aryl methyl sites for hydroxylation is 1. The molecular formula is C14H19NO4. The zero-order valence-electron chi connectivity index (χ0n) is 11.7. The summed E-state index contributed by atoms with van der Waals surface area (Å²) in [6, 6.07) is 4.76. The van der Waals surface area contributed by atoms with E-state index < -0.39 is 11.4 Å². The number of carbonyl (C=O) groups is 2. The van der Waals surface area contributed by atoms with Crippen LogP contribution in [0.3, 0.4) is 0 Å². The minimum absolute atomic E-state index is 0.128. The molecule has 5 heteroatoms. The summed E-state index contributed by atoms with van der Waals surface area (Å²) < 4.78 is 6.23. The third kappa shape index (κ3) is 3.30. The van der Waals surface area contributed by atoms with E-state index in [1.54, 1.807) is 26.0 Å². The molecule has 1 aromatic heterocycles. The zero-order valence-corrected chi connectivity index (χ0v) is 11.7. The maximum absolute atomic E-state index is 12.2. The van der Waals surface area contributed by atoms with Crippen molar-refractivity contribution in [2.24, 2.45) is 5.41 Å². The lowest BCUT2D eigenvalue weighted by molar-refractivity contribution is -0.158. The Morgan fingerprint density at radius 2 is 1.95 bits per heavy atom. The normalized spacial score (nSPS) is 11.2. The second-order valence-corrected chi connectivity index (χ2v) is 4.86. The lowest BCUT2D eigenvalue weighted by Gasteiger charge is -2.21. The van der Waals surface area contributed by atoms with Crippen LogP contribution in [0, 0.1) is 12.3 Å². The SMILES string of the molecule is CCOC(=O)C(C)(C)C(=O)Cn1c(C)cccc1=O. The van der Waals surface area contributed by atoms with Crippen LogP contribution in [0.1, 0.15) is 26.5 Å². The van der Waals surface area contributed by atoms with Crippen LogP contribution in [0.4, 0.5) is 0 Å². The van der Waals surface area contributed by atoms with E-state index in [-0.39, 0.29) is 24.5 Å². The topological polar surface area (TPSA) is 65.4 Å². The monoisotopic (exact) mass is 265 g/mol. The first-order valence-corrected chi connectivity index (χ1v) is 6.17. The van der Waals surface area contributed by atoms with E-state index >= 15 is 0 Å². The van der Waals surface area contributed by atoms with Crippen LogP contribution in [0.5, 0.6) is 0 Å². The summed E-state index contributed by atoms with van der Waals surface area (Å²) >= 11 is 0. The fourth-order valence-electron chi connectivity index (χ4n) is 1.59. The number of hydrogen-bond acceptors (Lipinski definition) is 4. The van der Waals surface area contributed by atoms with Crippen molar-refractivity contribution in [2.75, 3.05) is 6.61 Å². The molecule has 0 bridgehead atoms. The van der Waals surface area contributed by atoms with Gasteiger partial charge in [0.2, 0.25) is 0 Å². The van der Waals surface area contributed by atoms with E-state index in [1.165, 1.54) is 24.5 Å². The summed E-state index contributed by atoms with van der Waals surface area (Å²) in [7, 11) is 0. The minimum atomic E-state index is -1.25. The van der Waals surface area contributed by atoms with Gasteiger partial charge < -0.3 is 9.30 Å². The van der Waals surface area contributed by atoms with Crippen molar-refractivity contribution in [2.45, 2.75) is 34.2 Å². The van der Waals surface area contributed by atoms with E-state index in [0.717, 1.165) is 0 Å². The first-order valence-electron chi connectivity index (χ1n) is 6.17. The van der Waals surface area contributed by atoms with Gasteiger partial charge in [-0.2, -0.15) is 0 Å². The van der Waals surface area contributed by atoms with E-state index in [1.807, 2.05) is 0 Å². The molecule has 0 aliphatic heterocycles. The Morgan fingerprint density at radius 1 is 1.32 bits per heavy atom. The van der Waals surface area contributed by atoms with Gasteiger partial charge in [0.1, 0.15) is 5.41 Å². The molecule has 0 N–H and O–H groups in total. The Labute approximate surface area is 112 Å². The Bertz CT molecular complexity index is 543. The van der Waals surface area contributed by atoms with E-state index in [2.05, 4.69) is 0 Å². The average molecular weight is 265 g/mol. The largest absolute Gasteiger partial charge is 0.465 e. The van der Waals surface area contributed by atoms with E-state index in [0.29, 0.717) is 5.69 Å². The molecule has 0 spiro atoms. The molecule has 1 aromatic rings. The van der Waals surface area contributed by atoms with E-state index in [4.69, 9.17) is 4.74 Å².